The van der Waals surface area contributed by atoms with Crippen molar-refractivity contribution >= 4 is 23.2 Å². The van der Waals surface area contributed by atoms with Crippen LogP contribution in [0.15, 0.2) is 12.1 Å². The summed E-state index contributed by atoms with van der Waals surface area (Å²) in [6.45, 7) is 1.77. The van der Waals surface area contributed by atoms with Crippen LogP contribution < -0.4 is 5.32 Å². The summed E-state index contributed by atoms with van der Waals surface area (Å²) in [6.07, 6.45) is 0. The molecule has 2 N–H and O–H groups in total. The average molecular weight is 273 g/mol. The van der Waals surface area contributed by atoms with Crippen molar-refractivity contribution in [1.29, 1.82) is 0 Å². The minimum Gasteiger partial charge on any atom is -0.477 e. The highest BCUT2D eigenvalue weighted by atomic mass is 32.1. The van der Waals surface area contributed by atoms with E-state index in [1.807, 2.05) is 0 Å². The van der Waals surface area contributed by atoms with Gasteiger partial charge in [0, 0.05) is 13.7 Å². The topological polar surface area (TPSA) is 84.9 Å². The van der Waals surface area contributed by atoms with Gasteiger partial charge in [-0.2, -0.15) is 0 Å². The van der Waals surface area contributed by atoms with E-state index in [4.69, 9.17) is 14.6 Å². The summed E-state index contributed by atoms with van der Waals surface area (Å²) >= 11 is 0.949. The Balaban J connectivity index is 2.25. The lowest BCUT2D eigenvalue weighted by Crippen LogP contribution is -2.26. The van der Waals surface area contributed by atoms with Crippen LogP contribution >= 0.6 is 11.3 Å². The molecule has 0 fully saturated rings. The van der Waals surface area contributed by atoms with E-state index >= 15 is 0 Å². The number of thiophene rings is 1. The Kier molecular flexibility index (Phi) is 6.34. The van der Waals surface area contributed by atoms with Crippen LogP contribution in [-0.2, 0) is 9.47 Å². The largest absolute Gasteiger partial charge is 0.477 e. The maximum absolute atomic E-state index is 11.6. The Labute approximate surface area is 109 Å². The van der Waals surface area contributed by atoms with Crippen LogP contribution in [0.2, 0.25) is 0 Å². The van der Waals surface area contributed by atoms with Crippen LogP contribution in [0.1, 0.15) is 19.3 Å². The number of nitrogens with one attached hydrogen (secondary N) is 1. The molecule has 0 saturated heterocycles. The minimum absolute atomic E-state index is 0.150. The molecule has 0 radical (unpaired) electrons. The third-order valence-corrected chi connectivity index (χ3v) is 3.08. The first-order chi connectivity index (χ1) is 8.65. The van der Waals surface area contributed by atoms with E-state index < -0.39 is 5.97 Å². The Morgan fingerprint density at radius 3 is 2.61 bits per heavy atom. The summed E-state index contributed by atoms with van der Waals surface area (Å²) in [4.78, 5) is 22.8. The molecule has 1 heterocycles. The predicted molar refractivity (Wildman–Crippen MR) is 66.3 cm³/mol. The molecule has 0 atom stereocenters. The van der Waals surface area contributed by atoms with Gasteiger partial charge in [-0.05, 0) is 12.1 Å². The van der Waals surface area contributed by atoms with Crippen molar-refractivity contribution in [2.24, 2.45) is 0 Å². The molecule has 0 spiro atoms. The van der Waals surface area contributed by atoms with Gasteiger partial charge in [-0.1, -0.05) is 0 Å². The van der Waals surface area contributed by atoms with Gasteiger partial charge >= 0.3 is 5.97 Å². The summed E-state index contributed by atoms with van der Waals surface area (Å²) < 4.78 is 9.97. The molecule has 0 saturated carbocycles. The lowest BCUT2D eigenvalue weighted by atomic mass is 10.4. The molecule has 18 heavy (non-hydrogen) atoms. The molecule has 6 nitrogen and oxygen atoms in total. The number of carbonyl (C=O) groups is 2. The first kappa shape index (κ1) is 14.6. The molecular formula is C11H15NO5S. The molecular weight excluding hydrogens is 258 g/mol. The first-order valence-electron chi connectivity index (χ1n) is 5.33. The van der Waals surface area contributed by atoms with Crippen LogP contribution in [0.3, 0.4) is 0 Å². The van der Waals surface area contributed by atoms with E-state index in [0.29, 0.717) is 31.2 Å². The highest BCUT2D eigenvalue weighted by Crippen LogP contribution is 2.15. The molecule has 100 valence electrons. The second-order valence-corrected chi connectivity index (χ2v) is 4.41. The number of aromatic carboxylic acids is 1. The van der Waals surface area contributed by atoms with Crippen LogP contribution in [0, 0.1) is 0 Å². The van der Waals surface area contributed by atoms with E-state index in [2.05, 4.69) is 5.32 Å². The van der Waals surface area contributed by atoms with Crippen molar-refractivity contribution < 1.29 is 24.2 Å². The molecule has 0 aliphatic carbocycles. The number of hydrogen-bond acceptors (Lipinski definition) is 5. The van der Waals surface area contributed by atoms with E-state index in [1.54, 1.807) is 7.11 Å². The second kappa shape index (κ2) is 7.80. The van der Waals surface area contributed by atoms with Crippen LogP contribution in [0.4, 0.5) is 0 Å². The maximum Gasteiger partial charge on any atom is 0.345 e. The normalized spacial score (nSPS) is 10.3. The standard InChI is InChI=1S/C11H15NO5S/c1-16-6-7-17-5-4-12-10(13)8-2-3-9(18-8)11(14)15/h2-3H,4-7H2,1H3,(H,12,13)(H,14,15). The Morgan fingerprint density at radius 1 is 1.28 bits per heavy atom. The number of ether oxygens (including phenoxy) is 2. The molecule has 1 rings (SSSR count). The molecule has 7 heteroatoms. The van der Waals surface area contributed by atoms with E-state index in [-0.39, 0.29) is 10.8 Å². The van der Waals surface area contributed by atoms with Gasteiger partial charge in [0.25, 0.3) is 5.91 Å². The fourth-order valence-electron chi connectivity index (χ4n) is 1.14. The lowest BCUT2D eigenvalue weighted by Gasteiger charge is -2.04. The zero-order valence-electron chi connectivity index (χ0n) is 9.97. The number of carboxylic acid groups (broad SMARTS) is 1. The van der Waals surface area contributed by atoms with Crippen molar-refractivity contribution in [3.8, 4) is 0 Å². The summed E-state index contributed by atoms with van der Waals surface area (Å²) in [7, 11) is 1.59. The van der Waals surface area contributed by atoms with Gasteiger partial charge in [0.2, 0.25) is 0 Å². The predicted octanol–water partition coefficient (Wildman–Crippen LogP) is 0.839. The third-order valence-electron chi connectivity index (χ3n) is 2.00. The minimum atomic E-state index is -1.03. The number of carbonyl (C=O) groups excluding carboxylic acids is 1. The smallest absolute Gasteiger partial charge is 0.345 e. The van der Waals surface area contributed by atoms with Crippen LogP contribution in [0.5, 0.6) is 0 Å². The fourth-order valence-corrected chi connectivity index (χ4v) is 1.90. The lowest BCUT2D eigenvalue weighted by molar-refractivity contribution is 0.0693. The van der Waals surface area contributed by atoms with Gasteiger partial charge in [0.15, 0.2) is 0 Å². The first-order valence-corrected chi connectivity index (χ1v) is 6.15. The summed E-state index contributed by atoms with van der Waals surface area (Å²) in [5.41, 5.74) is 0. The Morgan fingerprint density at radius 2 is 2.00 bits per heavy atom. The number of hydrogen-bond donors (Lipinski definition) is 2. The molecule has 0 aliphatic rings. The number of carboxylic acids is 1. The number of amides is 1. The molecule has 0 aromatic carbocycles. The van der Waals surface area contributed by atoms with Crippen molar-refractivity contribution in [2.45, 2.75) is 0 Å². The van der Waals surface area contributed by atoms with E-state index in [1.165, 1.54) is 12.1 Å². The van der Waals surface area contributed by atoms with Gasteiger partial charge in [0.05, 0.1) is 24.7 Å². The SMILES string of the molecule is COCCOCCNC(=O)c1ccc(C(=O)O)s1. The Hall–Kier alpha value is -1.44. The summed E-state index contributed by atoms with van der Waals surface area (Å²) in [6, 6.07) is 2.91. The van der Waals surface area contributed by atoms with Gasteiger partial charge < -0.3 is 19.9 Å². The molecule has 1 aromatic rings. The third kappa shape index (κ3) is 4.82. The summed E-state index contributed by atoms with van der Waals surface area (Å²) in [5.74, 6) is -1.32. The quantitative estimate of drug-likeness (QED) is 0.686. The Bertz CT molecular complexity index is 404. The van der Waals surface area contributed by atoms with Crippen molar-refractivity contribution in [2.75, 3.05) is 33.5 Å². The van der Waals surface area contributed by atoms with Gasteiger partial charge in [-0.3, -0.25) is 4.79 Å². The molecule has 1 amide bonds. The fraction of sp³-hybridized carbons (Fsp3) is 0.455. The summed E-state index contributed by atoms with van der Waals surface area (Å²) in [5, 5.41) is 11.4. The molecule has 0 unspecified atom stereocenters. The zero-order chi connectivity index (χ0) is 13.4. The molecule has 0 aliphatic heterocycles. The maximum atomic E-state index is 11.6. The highest BCUT2D eigenvalue weighted by Gasteiger charge is 2.12. The second-order valence-electron chi connectivity index (χ2n) is 3.33. The monoisotopic (exact) mass is 273 g/mol. The highest BCUT2D eigenvalue weighted by molar-refractivity contribution is 7.15. The van der Waals surface area contributed by atoms with Gasteiger partial charge in [-0.25, -0.2) is 4.79 Å². The molecule has 1 aromatic heterocycles. The number of methoxy groups -OCH3 is 1. The number of rotatable bonds is 8. The van der Waals surface area contributed by atoms with E-state index in [0.717, 1.165) is 11.3 Å². The van der Waals surface area contributed by atoms with E-state index in [9.17, 15) is 9.59 Å². The molecule has 0 bridgehead atoms. The van der Waals surface area contributed by atoms with Crippen LogP contribution in [0.25, 0.3) is 0 Å². The van der Waals surface area contributed by atoms with Crippen LogP contribution in [-0.4, -0.2) is 50.5 Å². The zero-order valence-corrected chi connectivity index (χ0v) is 10.8. The van der Waals surface area contributed by atoms with Crippen molar-refractivity contribution in [3.63, 3.8) is 0 Å². The van der Waals surface area contributed by atoms with Crippen molar-refractivity contribution in [3.05, 3.63) is 21.9 Å². The van der Waals surface area contributed by atoms with Gasteiger partial charge in [0.1, 0.15) is 4.88 Å². The van der Waals surface area contributed by atoms with Gasteiger partial charge in [-0.15, -0.1) is 11.3 Å². The van der Waals surface area contributed by atoms with Crippen molar-refractivity contribution in [1.82, 2.24) is 5.32 Å². The average Bonchev–Trinajstić information content (AvgIpc) is 2.83.